The van der Waals surface area contributed by atoms with Crippen molar-refractivity contribution in [3.63, 3.8) is 0 Å². The molecule has 0 atom stereocenters. The number of hydrogen-bond donors (Lipinski definition) is 2. The summed E-state index contributed by atoms with van der Waals surface area (Å²) in [6.07, 6.45) is 5.67. The molecule has 0 aromatic heterocycles. The zero-order valence-corrected chi connectivity index (χ0v) is 14.2. The monoisotopic (exact) mass is 353 g/mol. The molecule has 1 radical (unpaired) electrons. The van der Waals surface area contributed by atoms with Gasteiger partial charge in [-0.15, -0.1) is 0 Å². The number of rotatable bonds is 7. The summed E-state index contributed by atoms with van der Waals surface area (Å²) in [4.78, 5) is 23.4. The highest BCUT2D eigenvalue weighted by Gasteiger charge is 2.09. The Morgan fingerprint density at radius 1 is 0.962 bits per heavy atom. The topological polar surface area (TPSA) is 93.1 Å². The van der Waals surface area contributed by atoms with E-state index in [2.05, 4.69) is 0 Å². The van der Waals surface area contributed by atoms with Crippen molar-refractivity contribution in [3.8, 4) is 23.0 Å². The number of ether oxygens (including phenoxy) is 2. The minimum atomic E-state index is -0.543. The first-order chi connectivity index (χ1) is 12.5. The van der Waals surface area contributed by atoms with Crippen LogP contribution in [0, 0.1) is 0 Å². The van der Waals surface area contributed by atoms with Crippen molar-refractivity contribution in [1.82, 2.24) is 0 Å². The molecule has 2 aromatic carbocycles. The molecule has 0 amide bonds. The van der Waals surface area contributed by atoms with E-state index in [0.29, 0.717) is 11.1 Å². The summed E-state index contributed by atoms with van der Waals surface area (Å²) in [5, 5.41) is 19.1. The molecule has 2 N–H and O–H groups in total. The van der Waals surface area contributed by atoms with Crippen molar-refractivity contribution >= 4 is 24.2 Å². The van der Waals surface area contributed by atoms with E-state index in [9.17, 15) is 19.8 Å². The largest absolute Gasteiger partial charge is 0.504 e. The molecule has 2 aromatic rings. The van der Waals surface area contributed by atoms with Gasteiger partial charge in [-0.2, -0.15) is 0 Å². The molecule has 133 valence electrons. The molecule has 2 rings (SSSR count). The lowest BCUT2D eigenvalue weighted by Crippen LogP contribution is -1.99. The molecule has 0 heterocycles. The Morgan fingerprint density at radius 3 is 2.04 bits per heavy atom. The Bertz CT molecular complexity index is 880. The van der Waals surface area contributed by atoms with Crippen molar-refractivity contribution in [2.45, 2.75) is 0 Å². The van der Waals surface area contributed by atoms with E-state index in [4.69, 9.17) is 9.47 Å². The van der Waals surface area contributed by atoms with E-state index in [-0.39, 0.29) is 28.6 Å². The predicted octanol–water partition coefficient (Wildman–Crippen LogP) is 2.89. The molecule has 6 heteroatoms. The van der Waals surface area contributed by atoms with E-state index >= 15 is 0 Å². The van der Waals surface area contributed by atoms with E-state index in [1.807, 2.05) is 0 Å². The summed E-state index contributed by atoms with van der Waals surface area (Å²) < 4.78 is 9.99. The SMILES string of the molecule is COc1cc(C=CC(=O)C([C]=O)=Cc2ccc(O)c(OC)c2)ccc1O. The van der Waals surface area contributed by atoms with E-state index < -0.39 is 5.78 Å². The second-order valence-corrected chi connectivity index (χ2v) is 5.22. The Morgan fingerprint density at radius 2 is 1.50 bits per heavy atom. The smallest absolute Gasteiger partial charge is 0.237 e. The van der Waals surface area contributed by atoms with Gasteiger partial charge >= 0.3 is 0 Å². The van der Waals surface area contributed by atoms with E-state index in [0.717, 1.165) is 0 Å². The van der Waals surface area contributed by atoms with Crippen LogP contribution in [0.2, 0.25) is 0 Å². The van der Waals surface area contributed by atoms with Crippen LogP contribution in [0.3, 0.4) is 0 Å². The van der Waals surface area contributed by atoms with Crippen LogP contribution in [0.4, 0.5) is 0 Å². The predicted molar refractivity (Wildman–Crippen MR) is 97.0 cm³/mol. The summed E-state index contributed by atoms with van der Waals surface area (Å²) in [5.74, 6) is -0.108. The normalized spacial score (nSPS) is 11.4. The van der Waals surface area contributed by atoms with Crippen LogP contribution < -0.4 is 9.47 Å². The van der Waals surface area contributed by atoms with Gasteiger partial charge < -0.3 is 19.7 Å². The maximum Gasteiger partial charge on any atom is 0.237 e. The molecule has 0 fully saturated rings. The maximum absolute atomic E-state index is 12.2. The van der Waals surface area contributed by atoms with Gasteiger partial charge in [0.05, 0.1) is 19.8 Å². The number of methoxy groups -OCH3 is 2. The molecule has 0 saturated heterocycles. The number of phenols is 2. The third-order valence-corrected chi connectivity index (χ3v) is 3.52. The number of benzene rings is 2. The van der Waals surface area contributed by atoms with E-state index in [1.54, 1.807) is 18.4 Å². The molecule has 0 aliphatic rings. The highest BCUT2D eigenvalue weighted by Crippen LogP contribution is 2.28. The number of aromatic hydroxyl groups is 2. The first kappa shape index (κ1) is 18.8. The van der Waals surface area contributed by atoms with Gasteiger partial charge in [-0.1, -0.05) is 18.2 Å². The summed E-state index contributed by atoms with van der Waals surface area (Å²) >= 11 is 0. The van der Waals surface area contributed by atoms with Crippen LogP contribution >= 0.6 is 0 Å². The van der Waals surface area contributed by atoms with Crippen LogP contribution in [0.15, 0.2) is 48.0 Å². The molecular formula is C20H17O6. The van der Waals surface area contributed by atoms with Gasteiger partial charge in [-0.25, -0.2) is 0 Å². The third kappa shape index (κ3) is 4.51. The molecule has 0 aliphatic heterocycles. The van der Waals surface area contributed by atoms with Gasteiger partial charge in [-0.05, 0) is 47.5 Å². The highest BCUT2D eigenvalue weighted by molar-refractivity contribution is 6.21. The number of ketones is 1. The zero-order chi connectivity index (χ0) is 19.1. The van der Waals surface area contributed by atoms with Gasteiger partial charge in [0, 0.05) is 0 Å². The minimum absolute atomic E-state index is 0.0148. The Hall–Kier alpha value is -3.54. The fourth-order valence-corrected chi connectivity index (χ4v) is 2.16. The number of hydrogen-bond acceptors (Lipinski definition) is 6. The Labute approximate surface area is 150 Å². The lowest BCUT2D eigenvalue weighted by Gasteiger charge is -2.04. The van der Waals surface area contributed by atoms with Gasteiger partial charge in [0.15, 0.2) is 28.8 Å². The number of phenolic OH excluding ortho intramolecular Hbond substituents is 2. The molecule has 0 spiro atoms. The summed E-state index contributed by atoms with van der Waals surface area (Å²) in [5.41, 5.74) is 0.940. The average molecular weight is 353 g/mol. The van der Waals surface area contributed by atoms with Crippen molar-refractivity contribution < 1.29 is 29.3 Å². The molecule has 0 bridgehead atoms. The lowest BCUT2D eigenvalue weighted by atomic mass is 10.1. The fraction of sp³-hybridized carbons (Fsp3) is 0.100. The Kier molecular flexibility index (Phi) is 6.16. The minimum Gasteiger partial charge on any atom is -0.504 e. The third-order valence-electron chi connectivity index (χ3n) is 3.52. The summed E-state index contributed by atoms with van der Waals surface area (Å²) in [6.45, 7) is 0. The van der Waals surface area contributed by atoms with Gasteiger partial charge in [0.1, 0.15) is 0 Å². The van der Waals surface area contributed by atoms with Crippen LogP contribution in [0.25, 0.3) is 12.2 Å². The molecular weight excluding hydrogens is 336 g/mol. The molecule has 0 saturated carbocycles. The van der Waals surface area contributed by atoms with Crippen LogP contribution in [0.5, 0.6) is 23.0 Å². The van der Waals surface area contributed by atoms with Crippen LogP contribution in [0.1, 0.15) is 11.1 Å². The second-order valence-electron chi connectivity index (χ2n) is 5.22. The van der Waals surface area contributed by atoms with Gasteiger partial charge in [0.25, 0.3) is 0 Å². The first-order valence-electron chi connectivity index (χ1n) is 7.54. The Balaban J connectivity index is 2.24. The van der Waals surface area contributed by atoms with E-state index in [1.165, 1.54) is 56.7 Å². The van der Waals surface area contributed by atoms with Crippen LogP contribution in [-0.4, -0.2) is 36.5 Å². The van der Waals surface area contributed by atoms with Crippen LogP contribution in [-0.2, 0) is 9.59 Å². The standard InChI is InChI=1S/C20H17O6/c1-25-19-10-13(4-7-17(19)23)3-6-16(22)15(12-21)9-14-5-8-18(24)20(11-14)26-2/h3-11,23-24H,1-2H3. The van der Waals surface area contributed by atoms with Gasteiger partial charge in [-0.3, -0.25) is 9.59 Å². The zero-order valence-electron chi connectivity index (χ0n) is 14.2. The van der Waals surface area contributed by atoms with Gasteiger partial charge in [0.2, 0.25) is 6.29 Å². The molecule has 0 unspecified atom stereocenters. The van der Waals surface area contributed by atoms with Crippen molar-refractivity contribution in [1.29, 1.82) is 0 Å². The van der Waals surface area contributed by atoms with Crippen molar-refractivity contribution in [2.24, 2.45) is 0 Å². The fourth-order valence-electron chi connectivity index (χ4n) is 2.16. The molecule has 0 aliphatic carbocycles. The first-order valence-corrected chi connectivity index (χ1v) is 7.54. The number of carbonyl (C=O) groups is 1. The van der Waals surface area contributed by atoms with Crippen molar-refractivity contribution in [3.05, 3.63) is 59.2 Å². The summed E-state index contributed by atoms with van der Waals surface area (Å²) in [6, 6.07) is 9.02. The highest BCUT2D eigenvalue weighted by atomic mass is 16.5. The second kappa shape index (κ2) is 8.53. The molecule has 6 nitrogen and oxygen atoms in total. The summed E-state index contributed by atoms with van der Waals surface area (Å²) in [7, 11) is 2.82. The average Bonchev–Trinajstić information content (AvgIpc) is 2.66. The number of carbonyl (C=O) groups excluding carboxylic acids is 2. The molecule has 26 heavy (non-hydrogen) atoms. The maximum atomic E-state index is 12.2. The quantitative estimate of drug-likeness (QED) is 0.452. The van der Waals surface area contributed by atoms with Crippen molar-refractivity contribution in [2.75, 3.05) is 14.2 Å². The lowest BCUT2D eigenvalue weighted by molar-refractivity contribution is -0.110. The number of allylic oxidation sites excluding steroid dienone is 2.